The van der Waals surface area contributed by atoms with Gasteiger partial charge in [-0.1, -0.05) is 165 Å². The molecule has 1 aromatic heterocycles. The van der Waals surface area contributed by atoms with Crippen molar-refractivity contribution in [1.29, 1.82) is 0 Å². The van der Waals surface area contributed by atoms with Crippen LogP contribution in [0.5, 0.6) is 11.5 Å². The second kappa shape index (κ2) is 13.8. The minimum Gasteiger partial charge on any atom is -0.457 e. The minimum atomic E-state index is -0.556. The predicted molar refractivity (Wildman–Crippen MR) is 274 cm³/mol. The van der Waals surface area contributed by atoms with Crippen LogP contribution in [0.2, 0.25) is 0 Å². The van der Waals surface area contributed by atoms with Gasteiger partial charge in [-0.2, -0.15) is 0 Å². The summed E-state index contributed by atoms with van der Waals surface area (Å²) in [4.78, 5) is 16.2. The Kier molecular flexibility index (Phi) is 7.83. The molecule has 8 aromatic rings. The zero-order valence-electron chi connectivity index (χ0n) is 39.3. The first-order chi connectivity index (χ1) is 33.9. The predicted octanol–water partition coefficient (Wildman–Crippen LogP) is 15.6. The first-order valence-electron chi connectivity index (χ1n) is 26.1. The van der Waals surface area contributed by atoms with Gasteiger partial charge in [0.1, 0.15) is 11.5 Å². The van der Waals surface area contributed by atoms with Crippen LogP contribution in [0, 0.1) is 35.0 Å². The first kappa shape index (κ1) is 39.2. The van der Waals surface area contributed by atoms with E-state index in [1.165, 1.54) is 97.6 Å². The van der Waals surface area contributed by atoms with Gasteiger partial charge in [-0.05, 0) is 160 Å². The van der Waals surface area contributed by atoms with E-state index in [0.717, 1.165) is 85.9 Å². The Balaban J connectivity index is 0.834. The zero-order chi connectivity index (χ0) is 45.3. The number of benzene rings is 7. The van der Waals surface area contributed by atoms with Crippen molar-refractivity contribution in [2.24, 2.45) is 35.0 Å². The van der Waals surface area contributed by atoms with E-state index >= 15 is 0 Å². The average Bonchev–Trinajstić information content (AvgIpc) is 4.11. The van der Waals surface area contributed by atoms with Gasteiger partial charge in [0.15, 0.2) is 17.5 Å². The molecule has 6 fully saturated rings. The third kappa shape index (κ3) is 5.23. The quantitative estimate of drug-likeness (QED) is 0.167. The van der Waals surface area contributed by atoms with E-state index in [-0.39, 0.29) is 5.41 Å². The highest BCUT2D eigenvalue weighted by atomic mass is 16.5. The second-order valence-electron chi connectivity index (χ2n) is 23.2. The maximum atomic E-state index is 6.84. The monoisotopic (exact) mass is 893 g/mol. The number of nitrogens with zero attached hydrogens (tertiary/aromatic N) is 3. The van der Waals surface area contributed by atoms with Crippen molar-refractivity contribution in [1.82, 2.24) is 15.0 Å². The van der Waals surface area contributed by atoms with Crippen LogP contribution in [-0.2, 0) is 16.2 Å². The average molecular weight is 894 g/mol. The molecule has 0 radical (unpaired) electrons. The van der Waals surface area contributed by atoms with E-state index in [2.05, 4.69) is 171 Å². The van der Waals surface area contributed by atoms with Gasteiger partial charge < -0.3 is 4.74 Å². The van der Waals surface area contributed by atoms with E-state index in [1.807, 2.05) is 0 Å². The second-order valence-corrected chi connectivity index (χ2v) is 23.2. The molecule has 8 atom stereocenters. The van der Waals surface area contributed by atoms with E-state index in [0.29, 0.717) is 22.5 Å². The molecule has 4 bridgehead atoms. The van der Waals surface area contributed by atoms with Crippen LogP contribution in [-0.4, -0.2) is 15.0 Å². The van der Waals surface area contributed by atoms with Crippen molar-refractivity contribution in [3.63, 3.8) is 0 Å². The summed E-state index contributed by atoms with van der Waals surface area (Å²) in [6.45, 7) is 2.51. The Labute approximate surface area is 405 Å². The molecule has 8 aliphatic rings. The highest BCUT2D eigenvalue weighted by molar-refractivity contribution is 5.90. The molecule has 2 heterocycles. The molecule has 7 aliphatic carbocycles. The molecule has 4 nitrogen and oxygen atoms in total. The normalized spacial score (nSPS) is 29.5. The summed E-state index contributed by atoms with van der Waals surface area (Å²) in [5, 5.41) is 0. The zero-order valence-corrected chi connectivity index (χ0v) is 39.3. The molecule has 2 spiro atoms. The third-order valence-electron chi connectivity index (χ3n) is 20.0. The lowest BCUT2D eigenvalue weighted by molar-refractivity contribution is -0.175. The highest BCUT2D eigenvalue weighted by Crippen LogP contribution is 2.84. The molecule has 0 amide bonds. The molecular weight excluding hydrogens is 839 g/mol. The minimum absolute atomic E-state index is 0.222. The van der Waals surface area contributed by atoms with Crippen LogP contribution in [0.1, 0.15) is 105 Å². The topological polar surface area (TPSA) is 47.9 Å². The molecule has 4 unspecified atom stereocenters. The number of aromatic nitrogens is 3. The summed E-state index contributed by atoms with van der Waals surface area (Å²) >= 11 is 0. The molecular formula is C65H55N3O. The molecule has 16 rings (SSSR count). The van der Waals surface area contributed by atoms with Crippen LogP contribution in [0.15, 0.2) is 164 Å². The van der Waals surface area contributed by atoms with Crippen molar-refractivity contribution >= 4 is 0 Å². The van der Waals surface area contributed by atoms with E-state index in [1.54, 1.807) is 0 Å². The maximum Gasteiger partial charge on any atom is 0.164 e. The van der Waals surface area contributed by atoms with Crippen molar-refractivity contribution in [2.75, 3.05) is 0 Å². The summed E-state index contributed by atoms with van der Waals surface area (Å²) in [6.07, 6.45) is 13.9. The summed E-state index contributed by atoms with van der Waals surface area (Å²) in [6, 6.07) is 60.8. The van der Waals surface area contributed by atoms with Crippen LogP contribution in [0.25, 0.3) is 56.4 Å². The van der Waals surface area contributed by atoms with Gasteiger partial charge in [0.05, 0.1) is 5.41 Å². The summed E-state index contributed by atoms with van der Waals surface area (Å²) < 4.78 is 6.84. The SMILES string of the molecule is CC1(c2ccc(-c3nc(-c4ccc(C56C[C@H]7CC8C[C@@H](C5)C87C6)cc4)nc(-c4ccccc4-c4ccc5c(c4)C4(c6ccccc6O5)c5ccccc5-c5ccccc54)n3)cc2)C[C@@H]2CC[C@@H](C2)C1. The Morgan fingerprint density at radius 2 is 0.957 bits per heavy atom. The Bertz CT molecular complexity index is 3390. The lowest BCUT2D eigenvalue weighted by atomic mass is 9.38. The Morgan fingerprint density at radius 1 is 0.435 bits per heavy atom. The standard InChI is InChI=1S/C65H55N3O/c1-62(34-39-18-19-40(30-39)35-62)44-25-20-41(21-26-44)59-66-60(42-22-27-45(28-23-42)63-36-47-32-46-33-48(37-63)64(46,47)38-63)68-61(67-59)52-13-3-2-10-49(52)43-24-29-58-56(31-43)65(55-16-8-9-17-57(55)69-58)53-14-6-4-11-50(53)51-12-5-7-15-54(51)65/h2-17,20-29,31,39-40,46-48H,18-19,30,32-38H2,1H3/t39-,40+,46?,47-,48+,62?,63?,64?. The highest BCUT2D eigenvalue weighted by Gasteiger charge is 2.77. The van der Waals surface area contributed by atoms with Gasteiger partial charge >= 0.3 is 0 Å². The smallest absolute Gasteiger partial charge is 0.164 e. The number of hydrogen-bond acceptors (Lipinski definition) is 4. The van der Waals surface area contributed by atoms with Crippen LogP contribution >= 0.6 is 0 Å². The lowest BCUT2D eigenvalue weighted by Crippen LogP contribution is -2.59. The van der Waals surface area contributed by atoms with Crippen molar-refractivity contribution in [2.45, 2.75) is 87.4 Å². The molecule has 69 heavy (non-hydrogen) atoms. The number of ether oxygens (including phenoxy) is 1. The number of fused-ring (bicyclic) bond motifs is 12. The van der Waals surface area contributed by atoms with Crippen molar-refractivity contribution < 1.29 is 4.74 Å². The molecule has 336 valence electrons. The molecule has 0 N–H and O–H groups in total. The van der Waals surface area contributed by atoms with Crippen molar-refractivity contribution in [3.05, 3.63) is 197 Å². The number of para-hydroxylation sites is 1. The Hall–Kier alpha value is -6.65. The summed E-state index contributed by atoms with van der Waals surface area (Å²) in [7, 11) is 0. The first-order valence-corrected chi connectivity index (χ1v) is 26.1. The van der Waals surface area contributed by atoms with Crippen LogP contribution in [0.4, 0.5) is 0 Å². The fourth-order valence-corrected chi connectivity index (χ4v) is 17.3. The van der Waals surface area contributed by atoms with Gasteiger partial charge in [-0.25, -0.2) is 15.0 Å². The fraction of sp³-hybridized carbons (Fsp3) is 0.308. The van der Waals surface area contributed by atoms with E-state index in [9.17, 15) is 0 Å². The van der Waals surface area contributed by atoms with Crippen LogP contribution in [0.3, 0.4) is 0 Å². The van der Waals surface area contributed by atoms with Gasteiger partial charge in [0, 0.05) is 27.8 Å². The molecule has 6 saturated carbocycles. The third-order valence-corrected chi connectivity index (χ3v) is 20.0. The Morgan fingerprint density at radius 3 is 1.58 bits per heavy atom. The lowest BCUT2D eigenvalue weighted by Gasteiger charge is -2.66. The van der Waals surface area contributed by atoms with Gasteiger partial charge in [-0.15, -0.1) is 0 Å². The molecule has 0 saturated heterocycles. The molecule has 4 heteroatoms. The van der Waals surface area contributed by atoms with Gasteiger partial charge in [0.2, 0.25) is 0 Å². The summed E-state index contributed by atoms with van der Waals surface area (Å²) in [5.41, 5.74) is 16.3. The number of hydrogen-bond donors (Lipinski definition) is 0. The molecule has 7 aromatic carbocycles. The largest absolute Gasteiger partial charge is 0.457 e. The van der Waals surface area contributed by atoms with Gasteiger partial charge in [0.25, 0.3) is 0 Å². The summed E-state index contributed by atoms with van der Waals surface area (Å²) in [5.74, 6) is 8.56. The van der Waals surface area contributed by atoms with Gasteiger partial charge in [-0.3, -0.25) is 0 Å². The van der Waals surface area contributed by atoms with E-state index in [4.69, 9.17) is 19.7 Å². The van der Waals surface area contributed by atoms with Crippen LogP contribution < -0.4 is 4.74 Å². The van der Waals surface area contributed by atoms with Crippen molar-refractivity contribution in [3.8, 4) is 67.9 Å². The fourth-order valence-electron chi connectivity index (χ4n) is 17.3. The number of rotatable bonds is 6. The maximum absolute atomic E-state index is 6.84. The van der Waals surface area contributed by atoms with E-state index < -0.39 is 5.41 Å². The molecule has 1 aliphatic heterocycles.